The van der Waals surface area contributed by atoms with Crippen LogP contribution in [0.1, 0.15) is 49.7 Å². The van der Waals surface area contributed by atoms with Crippen molar-refractivity contribution in [3.8, 4) is 5.75 Å². The molecule has 0 unspecified atom stereocenters. The highest BCUT2D eigenvalue weighted by molar-refractivity contribution is 6.31. The molecule has 2 atom stereocenters. The number of hydrogen-bond acceptors (Lipinski definition) is 4. The van der Waals surface area contributed by atoms with Crippen molar-refractivity contribution in [3.63, 3.8) is 0 Å². The molecule has 34 heavy (non-hydrogen) atoms. The summed E-state index contributed by atoms with van der Waals surface area (Å²) in [7, 11) is 4.29. The molecule has 0 amide bonds. The zero-order chi connectivity index (χ0) is 24.3. The summed E-state index contributed by atoms with van der Waals surface area (Å²) in [6.07, 6.45) is 5.22. The van der Waals surface area contributed by atoms with Crippen molar-refractivity contribution in [2.24, 2.45) is 5.92 Å². The van der Waals surface area contributed by atoms with Crippen LogP contribution in [0.3, 0.4) is 0 Å². The maximum absolute atomic E-state index is 14.9. The van der Waals surface area contributed by atoms with Gasteiger partial charge in [0.05, 0.1) is 11.4 Å². The Morgan fingerprint density at radius 2 is 1.94 bits per heavy atom. The lowest BCUT2D eigenvalue weighted by atomic mass is 9.70. The van der Waals surface area contributed by atoms with Crippen molar-refractivity contribution in [2.45, 2.75) is 62.6 Å². The van der Waals surface area contributed by atoms with Gasteiger partial charge in [0, 0.05) is 30.6 Å². The van der Waals surface area contributed by atoms with E-state index in [2.05, 4.69) is 48.6 Å². The number of nitrogens with zero attached hydrogens (tertiary/aromatic N) is 1. The molecule has 1 saturated carbocycles. The topological polar surface area (TPSA) is 61.8 Å². The monoisotopic (exact) mass is 488 g/mol. The van der Waals surface area contributed by atoms with Crippen molar-refractivity contribution >= 4 is 17.6 Å². The number of ether oxygens (including phenoxy) is 1. The average Bonchev–Trinajstić information content (AvgIpc) is 3.24. The van der Waals surface area contributed by atoms with Gasteiger partial charge in [-0.05, 0) is 69.3 Å². The van der Waals surface area contributed by atoms with Crippen molar-refractivity contribution in [1.29, 1.82) is 0 Å². The maximum Gasteiger partial charge on any atom is 0.304 e. The first-order valence-corrected chi connectivity index (χ1v) is 12.5. The molecular weight excluding hydrogens is 455 g/mol. The van der Waals surface area contributed by atoms with Crippen LogP contribution < -0.4 is 10.1 Å². The van der Waals surface area contributed by atoms with Gasteiger partial charge in [-0.25, -0.2) is 4.39 Å². The molecule has 2 aromatic rings. The molecular formula is C27H34ClFN2O3. The summed E-state index contributed by atoms with van der Waals surface area (Å²) in [4.78, 5) is 13.3. The molecule has 0 spiro atoms. The SMILES string of the molecule is CN(C)C1(c2ccccc2)CCC(Cc2cc(O[C@@H]3CN[C@H](CC(=O)O)C3)cc(Cl)c2F)CC1. The van der Waals surface area contributed by atoms with Gasteiger partial charge >= 0.3 is 5.97 Å². The van der Waals surface area contributed by atoms with Crippen LogP contribution in [-0.4, -0.2) is 48.8 Å². The molecule has 0 bridgehead atoms. The van der Waals surface area contributed by atoms with E-state index in [1.54, 1.807) is 6.07 Å². The number of nitrogens with one attached hydrogen (secondary N) is 1. The van der Waals surface area contributed by atoms with Gasteiger partial charge < -0.3 is 15.2 Å². The highest BCUT2D eigenvalue weighted by Crippen LogP contribution is 2.44. The van der Waals surface area contributed by atoms with Gasteiger partial charge in [0.25, 0.3) is 0 Å². The van der Waals surface area contributed by atoms with Crippen LogP contribution in [0, 0.1) is 11.7 Å². The minimum atomic E-state index is -0.830. The minimum Gasteiger partial charge on any atom is -0.489 e. The van der Waals surface area contributed by atoms with E-state index in [-0.39, 0.29) is 34.9 Å². The Hall–Kier alpha value is -2.15. The molecule has 2 fully saturated rings. The number of carboxylic acid groups (broad SMARTS) is 1. The number of benzene rings is 2. The molecule has 0 aromatic heterocycles. The second kappa shape index (κ2) is 10.6. The molecule has 2 N–H and O–H groups in total. The Morgan fingerprint density at radius 3 is 2.59 bits per heavy atom. The van der Waals surface area contributed by atoms with Crippen LogP contribution in [0.25, 0.3) is 0 Å². The summed E-state index contributed by atoms with van der Waals surface area (Å²) in [6, 6.07) is 13.8. The molecule has 1 aliphatic carbocycles. The average molecular weight is 489 g/mol. The number of carbonyl (C=O) groups is 1. The molecule has 2 aromatic carbocycles. The second-order valence-corrected chi connectivity index (χ2v) is 10.4. The maximum atomic E-state index is 14.9. The highest BCUT2D eigenvalue weighted by atomic mass is 35.5. The van der Waals surface area contributed by atoms with Crippen LogP contribution in [0.2, 0.25) is 5.02 Å². The predicted octanol–water partition coefficient (Wildman–Crippen LogP) is 5.25. The third-order valence-electron chi connectivity index (χ3n) is 7.59. The summed E-state index contributed by atoms with van der Waals surface area (Å²) in [6.45, 7) is 0.566. The quantitative estimate of drug-likeness (QED) is 0.531. The number of rotatable bonds is 8. The van der Waals surface area contributed by atoms with Crippen LogP contribution in [0.5, 0.6) is 5.75 Å². The number of halogens is 2. The molecule has 1 saturated heterocycles. The smallest absolute Gasteiger partial charge is 0.304 e. The lowest BCUT2D eigenvalue weighted by Gasteiger charge is -2.45. The summed E-state index contributed by atoms with van der Waals surface area (Å²) >= 11 is 6.23. The van der Waals surface area contributed by atoms with E-state index >= 15 is 0 Å². The fraction of sp³-hybridized carbons (Fsp3) is 0.519. The summed E-state index contributed by atoms with van der Waals surface area (Å²) in [5.41, 5.74) is 1.95. The largest absolute Gasteiger partial charge is 0.489 e. The van der Waals surface area contributed by atoms with Crippen LogP contribution in [0.15, 0.2) is 42.5 Å². The van der Waals surface area contributed by atoms with E-state index in [0.717, 1.165) is 25.7 Å². The predicted molar refractivity (Wildman–Crippen MR) is 132 cm³/mol. The zero-order valence-corrected chi connectivity index (χ0v) is 20.7. The van der Waals surface area contributed by atoms with Crippen molar-refractivity contribution < 1.29 is 19.0 Å². The summed E-state index contributed by atoms with van der Waals surface area (Å²) < 4.78 is 21.0. The van der Waals surface area contributed by atoms with Crippen molar-refractivity contribution in [3.05, 3.63) is 64.4 Å². The number of hydrogen-bond donors (Lipinski definition) is 2. The Bertz CT molecular complexity index is 993. The Balaban J connectivity index is 1.41. The van der Waals surface area contributed by atoms with Crippen molar-refractivity contribution in [2.75, 3.05) is 20.6 Å². The van der Waals surface area contributed by atoms with Gasteiger partial charge in [0.2, 0.25) is 0 Å². The molecule has 4 rings (SSSR count). The third-order valence-corrected chi connectivity index (χ3v) is 7.87. The van der Waals surface area contributed by atoms with Crippen LogP contribution in [0.4, 0.5) is 4.39 Å². The Kier molecular flexibility index (Phi) is 7.80. The van der Waals surface area contributed by atoms with Crippen LogP contribution >= 0.6 is 11.6 Å². The molecule has 5 nitrogen and oxygen atoms in total. The fourth-order valence-corrected chi connectivity index (χ4v) is 5.91. The zero-order valence-electron chi connectivity index (χ0n) is 19.9. The molecule has 1 heterocycles. The van der Waals surface area contributed by atoms with E-state index in [1.807, 2.05) is 6.07 Å². The summed E-state index contributed by atoms with van der Waals surface area (Å²) in [5.74, 6) is -0.268. The third kappa shape index (κ3) is 5.56. The van der Waals surface area contributed by atoms with Crippen molar-refractivity contribution in [1.82, 2.24) is 10.2 Å². The number of carboxylic acids is 1. The van der Waals surface area contributed by atoms with E-state index in [1.165, 1.54) is 11.6 Å². The lowest BCUT2D eigenvalue weighted by Crippen LogP contribution is -2.44. The van der Waals surface area contributed by atoms with Crippen LogP contribution in [-0.2, 0) is 16.8 Å². The molecule has 2 aliphatic rings. The molecule has 7 heteroatoms. The standard InChI is InChI=1S/C27H34ClFN2O3/c1-31(2)27(20-6-4-3-5-7-20)10-8-18(9-11-27)12-19-13-22(16-24(28)26(19)29)34-23-14-21(30-17-23)15-25(32)33/h3-7,13,16,18,21,23,30H,8-12,14-15,17H2,1-2H3,(H,32,33)/t18?,21-,23-,27?/m0/s1. The first kappa shape index (κ1) is 25.0. The fourth-order valence-electron chi connectivity index (χ4n) is 5.68. The highest BCUT2D eigenvalue weighted by Gasteiger charge is 2.38. The first-order chi connectivity index (χ1) is 16.3. The molecule has 184 valence electrons. The Morgan fingerprint density at radius 1 is 1.24 bits per heavy atom. The Labute approximate surface area is 206 Å². The van der Waals surface area contributed by atoms with E-state index < -0.39 is 5.97 Å². The van der Waals surface area contributed by atoms with Gasteiger partial charge in [-0.1, -0.05) is 41.9 Å². The molecule has 0 radical (unpaired) electrons. The molecule has 1 aliphatic heterocycles. The van der Waals surface area contributed by atoms with Gasteiger partial charge in [0.1, 0.15) is 17.7 Å². The lowest BCUT2D eigenvalue weighted by molar-refractivity contribution is -0.137. The normalized spacial score (nSPS) is 27.1. The van der Waals surface area contributed by atoms with E-state index in [4.69, 9.17) is 21.4 Å². The first-order valence-electron chi connectivity index (χ1n) is 12.1. The van der Waals surface area contributed by atoms with E-state index in [0.29, 0.717) is 36.6 Å². The van der Waals surface area contributed by atoms with E-state index in [9.17, 15) is 9.18 Å². The van der Waals surface area contributed by atoms with Gasteiger partial charge in [0.15, 0.2) is 0 Å². The van der Waals surface area contributed by atoms with Gasteiger partial charge in [-0.3, -0.25) is 9.69 Å². The number of aliphatic carboxylic acids is 1. The minimum absolute atomic E-state index is 0.0148. The van der Waals surface area contributed by atoms with Gasteiger partial charge in [-0.2, -0.15) is 0 Å². The van der Waals surface area contributed by atoms with Gasteiger partial charge in [-0.15, -0.1) is 0 Å². The summed E-state index contributed by atoms with van der Waals surface area (Å²) in [5, 5.41) is 12.2. The second-order valence-electron chi connectivity index (χ2n) is 10.00.